The van der Waals surface area contributed by atoms with E-state index < -0.39 is 153 Å². The lowest BCUT2D eigenvalue weighted by Crippen LogP contribution is -2.51. The minimum atomic E-state index is -1.22. The highest BCUT2D eigenvalue weighted by atomic mass is 32.2. The molecule has 8 heterocycles. The number of carbonyl (C=O) groups is 5. The van der Waals surface area contributed by atoms with E-state index in [0.29, 0.717) is 163 Å². The van der Waals surface area contributed by atoms with Crippen LogP contribution < -0.4 is 42.9 Å². The van der Waals surface area contributed by atoms with Gasteiger partial charge in [-0.15, -0.1) is 0 Å². The van der Waals surface area contributed by atoms with Gasteiger partial charge in [-0.3, -0.25) is 24.0 Å². The predicted octanol–water partition coefficient (Wildman–Crippen LogP) is 20.2. The third-order valence-electron chi connectivity index (χ3n) is 27.2. The van der Waals surface area contributed by atoms with E-state index in [1.54, 1.807) is 20.8 Å². The first-order chi connectivity index (χ1) is 71.4. The number of benzene rings is 10. The largest absolute Gasteiger partial charge is 0.492 e. The van der Waals surface area contributed by atoms with Crippen LogP contribution in [0.25, 0.3) is 0 Å². The summed E-state index contributed by atoms with van der Waals surface area (Å²) in [6.45, 7) is 13.9. The zero-order valence-corrected chi connectivity index (χ0v) is 85.5. The number of nitrogens with two attached hydrogens (primary N) is 5. The van der Waals surface area contributed by atoms with Gasteiger partial charge in [0.1, 0.15) is 128 Å². The van der Waals surface area contributed by atoms with Gasteiger partial charge >= 0.3 is 0 Å². The highest BCUT2D eigenvalue weighted by molar-refractivity contribution is 8.16. The summed E-state index contributed by atoms with van der Waals surface area (Å²) in [4.78, 5) is 57.2. The van der Waals surface area contributed by atoms with Crippen molar-refractivity contribution < 1.29 is 113 Å². The van der Waals surface area contributed by atoms with Gasteiger partial charge < -0.3 is 42.9 Å². The van der Waals surface area contributed by atoms with Crippen molar-refractivity contribution in [1.29, 1.82) is 0 Å². The fraction of sp³-hybridized carbons (Fsp3) is 0.333. The normalized spacial score (nSPS) is 22.8. The summed E-state index contributed by atoms with van der Waals surface area (Å²) in [5.74, 6) is -14.4. The molecule has 0 saturated heterocycles. The van der Waals surface area contributed by atoms with E-state index in [4.69, 9.17) is 42.9 Å². The van der Waals surface area contributed by atoms with Crippen molar-refractivity contribution in [1.82, 2.24) is 25.0 Å². The third-order valence-corrected chi connectivity index (χ3v) is 34.8. The van der Waals surface area contributed by atoms with Crippen LogP contribution in [0.4, 0.5) is 74.6 Å². The average Bonchev–Trinajstić information content (AvgIpc) is 1.53. The van der Waals surface area contributed by atoms with Gasteiger partial charge in [0, 0.05) is 96.9 Å². The Morgan fingerprint density at radius 1 is 0.280 bits per heavy atom. The first-order valence-corrected chi connectivity index (χ1v) is 51.4. The number of fused-ring (bicyclic) bond motifs is 10. The molecule has 0 unspecified atom stereocenters. The Balaban J connectivity index is 0.000000133. The van der Waals surface area contributed by atoms with E-state index in [9.17, 15) is 98.6 Å². The second-order valence-corrected chi connectivity index (χ2v) is 42.9. The quantitative estimate of drug-likeness (QED) is 0.0595. The van der Waals surface area contributed by atoms with Gasteiger partial charge in [-0.1, -0.05) is 58.8 Å². The smallest absolute Gasteiger partial charge is 0.241 e. The molecule has 150 heavy (non-hydrogen) atoms. The van der Waals surface area contributed by atoms with Crippen molar-refractivity contribution in [2.75, 3.05) is 52.5 Å². The molecule has 0 radical (unpaired) electrons. The number of hydrogen-bond donors (Lipinski definition) is 5. The van der Waals surface area contributed by atoms with Gasteiger partial charge in [-0.2, -0.15) is 25.5 Å². The zero-order valence-electron chi connectivity index (χ0n) is 81.4. The Bertz CT molecular complexity index is 6680. The molecule has 0 fully saturated rings. The highest BCUT2D eigenvalue weighted by Gasteiger charge is 2.63. The maximum atomic E-state index is 14.5. The fourth-order valence-electron chi connectivity index (χ4n) is 20.8. The van der Waals surface area contributed by atoms with Gasteiger partial charge in [0.15, 0.2) is 37.9 Å². The first-order valence-electron chi connectivity index (χ1n) is 47.3. The number of aryl methyl sites for hydroxylation is 5. The van der Waals surface area contributed by atoms with Crippen LogP contribution in [0.2, 0.25) is 0 Å². The Morgan fingerprint density at radius 2 is 0.487 bits per heavy atom. The molecule has 0 saturated carbocycles. The number of halogens is 17. The van der Waals surface area contributed by atoms with E-state index in [1.807, 2.05) is 0 Å². The SMILES string of the molecule is CC(=O)N1N=C(c2cc(F)ccc2F)S[C@@]12c1cc(F)c(F)cc1CC[C@@H]2CCN.CC(=O)N1N=C(c2cc(F)ccc2F)S[C@@]12c1cc(F)cc(C)c1OC[C@@H]2CCN.CC(=O)N1N=C(c2cc(F)ccc2F)S[C@]12c1cc(F)c(F)cc1CC[C@H]2CCN.CC(=O)N1N=C(c2cc(F)ccc2F)S[C@]12c1cc(F)cc(C)c1OC[C@@H]2CCN.CC(=O)N1N=C(c2cc(F)ccc2F)S[C@]12c1cc(F)cc(C)c1OC[C@H]2CCN. The van der Waals surface area contributed by atoms with Gasteiger partial charge in [-0.05, 0) is 314 Å². The molecular weight excluding hydrogens is 2080 g/mol. The number of thioether (sulfide) groups is 5. The van der Waals surface area contributed by atoms with Crippen LogP contribution in [0.15, 0.2) is 177 Å². The molecule has 10 aliphatic rings. The van der Waals surface area contributed by atoms with Crippen LogP contribution in [-0.2, 0) is 61.2 Å². The summed E-state index contributed by atoms with van der Waals surface area (Å²) < 4.78 is 259. The van der Waals surface area contributed by atoms with Crippen LogP contribution in [0, 0.1) is 149 Å². The number of hydrazone groups is 5. The monoisotopic (exact) mass is 2180 g/mol. The summed E-state index contributed by atoms with van der Waals surface area (Å²) in [7, 11) is 0. The van der Waals surface area contributed by atoms with Crippen LogP contribution in [0.3, 0.4) is 0 Å². The van der Waals surface area contributed by atoms with Crippen molar-refractivity contribution in [3.63, 3.8) is 0 Å². The lowest BCUT2D eigenvalue weighted by molar-refractivity contribution is -0.135. The maximum Gasteiger partial charge on any atom is 0.241 e. The Labute approximate surface area is 871 Å². The van der Waals surface area contributed by atoms with Crippen molar-refractivity contribution in [3.8, 4) is 17.2 Å². The second kappa shape index (κ2) is 44.5. The van der Waals surface area contributed by atoms with E-state index in [0.717, 1.165) is 174 Å². The Kier molecular flexibility index (Phi) is 32.7. The molecule has 0 bridgehead atoms. The van der Waals surface area contributed by atoms with E-state index in [-0.39, 0.29) is 102 Å². The molecular formula is C105H98F17N15O8S5. The van der Waals surface area contributed by atoms with Crippen LogP contribution in [0.1, 0.15) is 163 Å². The molecule has 10 aromatic rings. The molecule has 10 N–H and O–H groups in total. The van der Waals surface area contributed by atoms with Crippen molar-refractivity contribution >= 4 is 114 Å². The molecule has 0 aromatic heterocycles. The molecule has 5 amide bonds. The average molecular weight is 2180 g/mol. The molecule has 10 aromatic carbocycles. The van der Waals surface area contributed by atoms with E-state index in [1.165, 1.54) is 96.1 Å². The maximum absolute atomic E-state index is 14.5. The van der Waals surface area contributed by atoms with Crippen molar-refractivity contribution in [3.05, 3.63) is 334 Å². The summed E-state index contributed by atoms with van der Waals surface area (Å²) in [5, 5.41) is 28.4. The van der Waals surface area contributed by atoms with Crippen molar-refractivity contribution in [2.24, 2.45) is 83.8 Å². The molecule has 8 aliphatic heterocycles. The van der Waals surface area contributed by atoms with Gasteiger partial charge in [0.25, 0.3) is 0 Å². The fourth-order valence-corrected chi connectivity index (χ4v) is 28.7. The van der Waals surface area contributed by atoms with Crippen LogP contribution in [-0.4, -0.2) is 132 Å². The zero-order chi connectivity index (χ0) is 108. The van der Waals surface area contributed by atoms with Crippen LogP contribution in [0.5, 0.6) is 17.2 Å². The van der Waals surface area contributed by atoms with Gasteiger partial charge in [0.2, 0.25) is 29.5 Å². The number of ether oxygens (including phenoxy) is 3. The summed E-state index contributed by atoms with van der Waals surface area (Å²) in [6, 6.07) is 27.5. The molecule has 790 valence electrons. The minimum absolute atomic E-state index is 0.0595. The van der Waals surface area contributed by atoms with Crippen LogP contribution >= 0.6 is 58.8 Å². The lowest BCUT2D eigenvalue weighted by Gasteiger charge is -2.45. The minimum Gasteiger partial charge on any atom is -0.492 e. The van der Waals surface area contributed by atoms with E-state index >= 15 is 0 Å². The van der Waals surface area contributed by atoms with Gasteiger partial charge in [0.05, 0.1) is 19.8 Å². The number of amides is 5. The lowest BCUT2D eigenvalue weighted by atomic mass is 9.77. The molecule has 45 heteroatoms. The topological polar surface area (TPSA) is 321 Å². The Morgan fingerprint density at radius 3 is 0.700 bits per heavy atom. The number of carbonyl (C=O) groups excluding carboxylic acids is 5. The standard InChI is InChI=1S/2C21H19F4N3OS.3C21H20F3N3O2S/c2*1-11(29)28-21(30-20(27-28)15-9-14(22)4-5-17(15)23)13(6-7-26)3-2-12-8-18(24)19(25)10-16(12)21;3*1-11-7-15(23)9-17-19(11)29-10-13(5-6-25)21(17)27(12(2)28)26-20(30-21)16-8-14(22)3-4-18(16)24/h2*4-5,8-10,13H,2-3,6-7,26H2,1H3;3*3-4,7-9,13H,5-6,10,25H2,1-2H3/t3*13-,21+;2*13-,21-/m10010/s1. The molecule has 10 atom stereocenters. The van der Waals surface area contributed by atoms with E-state index in [2.05, 4.69) is 25.5 Å². The first kappa shape index (κ1) is 110. The number of rotatable bonds is 15. The molecule has 2 aliphatic carbocycles. The predicted molar refractivity (Wildman–Crippen MR) is 538 cm³/mol. The number of hydrogen-bond acceptors (Lipinski definition) is 23. The Hall–Kier alpha value is -12.3. The number of nitrogens with zero attached hydrogens (tertiary/aromatic N) is 10. The summed E-state index contributed by atoms with van der Waals surface area (Å²) >= 11 is 5.41. The highest BCUT2D eigenvalue weighted by Crippen LogP contribution is 2.65. The third kappa shape index (κ3) is 20.4. The van der Waals surface area contributed by atoms with Gasteiger partial charge in [-0.25, -0.2) is 99.7 Å². The summed E-state index contributed by atoms with van der Waals surface area (Å²) in [5.41, 5.74) is 33.6. The summed E-state index contributed by atoms with van der Waals surface area (Å²) in [6.07, 6.45) is 4.43. The second-order valence-electron chi connectivity index (χ2n) is 36.8. The molecule has 20 rings (SSSR count). The molecule has 5 spiro atoms. The molecule has 23 nitrogen and oxygen atoms in total. The van der Waals surface area contributed by atoms with Crippen molar-refractivity contribution in [2.45, 2.75) is 138 Å².